The molecule has 4 heteroatoms. The average molecular weight is 228 g/mol. The highest BCUT2D eigenvalue weighted by molar-refractivity contribution is 6.04. The number of aromatic nitrogens is 1. The van der Waals surface area contributed by atoms with E-state index >= 15 is 0 Å². The van der Waals surface area contributed by atoms with Gasteiger partial charge in [0, 0.05) is 17.6 Å². The van der Waals surface area contributed by atoms with E-state index in [1.165, 1.54) is 6.20 Å². The third kappa shape index (κ3) is 1.82. The van der Waals surface area contributed by atoms with Gasteiger partial charge < -0.3 is 10.4 Å². The lowest BCUT2D eigenvalue weighted by atomic mass is 10.1. The van der Waals surface area contributed by atoms with Gasteiger partial charge in [-0.15, -0.1) is 0 Å². The molecule has 86 valence electrons. The molecule has 17 heavy (non-hydrogen) atoms. The van der Waals surface area contributed by atoms with E-state index in [-0.39, 0.29) is 5.56 Å². The quantitative estimate of drug-likeness (QED) is 0.847. The van der Waals surface area contributed by atoms with Gasteiger partial charge in [-0.25, -0.2) is 4.79 Å². The lowest BCUT2D eigenvalue weighted by molar-refractivity contribution is 0.0697. The summed E-state index contributed by atoms with van der Waals surface area (Å²) in [5.74, 6) is -0.939. The molecule has 1 aliphatic carbocycles. The van der Waals surface area contributed by atoms with Crippen molar-refractivity contribution in [2.24, 2.45) is 0 Å². The van der Waals surface area contributed by atoms with Gasteiger partial charge in [0.15, 0.2) is 0 Å². The first-order valence-corrected chi connectivity index (χ1v) is 5.63. The molecule has 1 fully saturated rings. The van der Waals surface area contributed by atoms with E-state index in [1.54, 1.807) is 0 Å². The number of pyridine rings is 1. The van der Waals surface area contributed by atoms with Gasteiger partial charge >= 0.3 is 5.97 Å². The summed E-state index contributed by atoms with van der Waals surface area (Å²) < 4.78 is 0. The summed E-state index contributed by atoms with van der Waals surface area (Å²) in [5.41, 5.74) is 1.77. The SMILES string of the molecule is O=C(O)c1cnc2ccccc2c1NC1CC1. The van der Waals surface area contributed by atoms with Crippen LogP contribution in [0.3, 0.4) is 0 Å². The van der Waals surface area contributed by atoms with Crippen molar-refractivity contribution in [2.75, 3.05) is 5.32 Å². The van der Waals surface area contributed by atoms with Crippen LogP contribution >= 0.6 is 0 Å². The van der Waals surface area contributed by atoms with Crippen molar-refractivity contribution in [3.63, 3.8) is 0 Å². The Kier molecular flexibility index (Phi) is 2.21. The zero-order chi connectivity index (χ0) is 11.8. The van der Waals surface area contributed by atoms with Crippen LogP contribution in [0.5, 0.6) is 0 Å². The molecule has 2 N–H and O–H groups in total. The summed E-state index contributed by atoms with van der Waals surface area (Å²) in [6, 6.07) is 8.00. The largest absolute Gasteiger partial charge is 0.478 e. The number of nitrogens with zero attached hydrogens (tertiary/aromatic N) is 1. The number of anilines is 1. The van der Waals surface area contributed by atoms with Gasteiger partial charge in [-0.1, -0.05) is 18.2 Å². The minimum atomic E-state index is -0.939. The van der Waals surface area contributed by atoms with Crippen LogP contribution in [0, 0.1) is 0 Å². The first-order chi connectivity index (χ1) is 8.25. The number of carbonyl (C=O) groups is 1. The Morgan fingerprint density at radius 3 is 2.82 bits per heavy atom. The molecular weight excluding hydrogens is 216 g/mol. The molecule has 1 aliphatic rings. The summed E-state index contributed by atoms with van der Waals surface area (Å²) in [4.78, 5) is 15.4. The highest BCUT2D eigenvalue weighted by atomic mass is 16.4. The third-order valence-electron chi connectivity index (χ3n) is 2.93. The number of carboxylic acid groups (broad SMARTS) is 1. The van der Waals surface area contributed by atoms with Crippen molar-refractivity contribution in [1.29, 1.82) is 0 Å². The second-order valence-electron chi connectivity index (χ2n) is 4.29. The molecule has 1 aromatic carbocycles. The number of para-hydroxylation sites is 1. The first kappa shape index (κ1) is 10.1. The monoisotopic (exact) mass is 228 g/mol. The molecule has 1 saturated carbocycles. The molecule has 1 aromatic heterocycles. The molecular formula is C13H12N2O2. The van der Waals surface area contributed by atoms with Gasteiger partial charge in [0.1, 0.15) is 5.56 Å². The molecule has 0 amide bonds. The molecule has 0 atom stereocenters. The second-order valence-corrected chi connectivity index (χ2v) is 4.29. The van der Waals surface area contributed by atoms with Crippen molar-refractivity contribution in [1.82, 2.24) is 4.98 Å². The zero-order valence-electron chi connectivity index (χ0n) is 9.18. The maximum Gasteiger partial charge on any atom is 0.339 e. The van der Waals surface area contributed by atoms with Crippen molar-refractivity contribution in [3.05, 3.63) is 36.0 Å². The van der Waals surface area contributed by atoms with E-state index in [0.717, 1.165) is 23.7 Å². The van der Waals surface area contributed by atoms with Gasteiger partial charge in [0.25, 0.3) is 0 Å². The Balaban J connectivity index is 2.21. The fourth-order valence-corrected chi connectivity index (χ4v) is 1.89. The second kappa shape index (κ2) is 3.73. The maximum absolute atomic E-state index is 11.2. The Labute approximate surface area is 98.3 Å². The minimum absolute atomic E-state index is 0.246. The van der Waals surface area contributed by atoms with Gasteiger partial charge in [-0.2, -0.15) is 0 Å². The van der Waals surface area contributed by atoms with Crippen LogP contribution in [-0.2, 0) is 0 Å². The molecule has 0 unspecified atom stereocenters. The molecule has 0 aliphatic heterocycles. The summed E-state index contributed by atoms with van der Waals surface area (Å²) in [6.07, 6.45) is 3.64. The molecule has 0 saturated heterocycles. The summed E-state index contributed by atoms with van der Waals surface area (Å²) in [6.45, 7) is 0. The molecule has 0 radical (unpaired) electrons. The minimum Gasteiger partial charge on any atom is -0.478 e. The number of rotatable bonds is 3. The molecule has 2 aromatic rings. The molecule has 1 heterocycles. The fourth-order valence-electron chi connectivity index (χ4n) is 1.89. The van der Waals surface area contributed by atoms with Crippen molar-refractivity contribution in [3.8, 4) is 0 Å². The van der Waals surface area contributed by atoms with E-state index in [1.807, 2.05) is 24.3 Å². The van der Waals surface area contributed by atoms with Crippen LogP contribution in [-0.4, -0.2) is 22.1 Å². The number of hydrogen-bond acceptors (Lipinski definition) is 3. The van der Waals surface area contributed by atoms with Gasteiger partial charge in [0.05, 0.1) is 11.2 Å². The number of aromatic carboxylic acids is 1. The van der Waals surface area contributed by atoms with Crippen molar-refractivity contribution in [2.45, 2.75) is 18.9 Å². The highest BCUT2D eigenvalue weighted by Crippen LogP contribution is 2.31. The van der Waals surface area contributed by atoms with E-state index < -0.39 is 5.97 Å². The lowest BCUT2D eigenvalue weighted by Crippen LogP contribution is -2.09. The smallest absolute Gasteiger partial charge is 0.339 e. The van der Waals surface area contributed by atoms with Crippen LogP contribution in [0.25, 0.3) is 10.9 Å². The van der Waals surface area contributed by atoms with E-state index in [9.17, 15) is 9.90 Å². The zero-order valence-corrected chi connectivity index (χ0v) is 9.18. The Bertz CT molecular complexity index is 591. The van der Waals surface area contributed by atoms with Crippen molar-refractivity contribution < 1.29 is 9.90 Å². The van der Waals surface area contributed by atoms with E-state index in [0.29, 0.717) is 11.7 Å². The van der Waals surface area contributed by atoms with Crippen molar-refractivity contribution >= 4 is 22.6 Å². The summed E-state index contributed by atoms with van der Waals surface area (Å²) in [5, 5.41) is 13.3. The molecule has 0 bridgehead atoms. The predicted molar refractivity (Wildman–Crippen MR) is 65.3 cm³/mol. The Morgan fingerprint density at radius 2 is 2.12 bits per heavy atom. The van der Waals surface area contributed by atoms with Crippen LogP contribution in [0.1, 0.15) is 23.2 Å². The average Bonchev–Trinajstić information content (AvgIpc) is 3.13. The first-order valence-electron chi connectivity index (χ1n) is 5.63. The van der Waals surface area contributed by atoms with Gasteiger partial charge in [-0.05, 0) is 18.9 Å². The van der Waals surface area contributed by atoms with E-state index in [4.69, 9.17) is 0 Å². The number of benzene rings is 1. The van der Waals surface area contributed by atoms with Crippen LogP contribution in [0.4, 0.5) is 5.69 Å². The van der Waals surface area contributed by atoms with Crippen LogP contribution in [0.15, 0.2) is 30.5 Å². The van der Waals surface area contributed by atoms with Crippen LogP contribution in [0.2, 0.25) is 0 Å². The van der Waals surface area contributed by atoms with Gasteiger partial charge in [-0.3, -0.25) is 4.98 Å². The number of nitrogens with one attached hydrogen (secondary N) is 1. The molecule has 3 rings (SSSR count). The number of fused-ring (bicyclic) bond motifs is 1. The van der Waals surface area contributed by atoms with Gasteiger partial charge in [0.2, 0.25) is 0 Å². The summed E-state index contributed by atoms with van der Waals surface area (Å²) >= 11 is 0. The highest BCUT2D eigenvalue weighted by Gasteiger charge is 2.24. The maximum atomic E-state index is 11.2. The molecule has 4 nitrogen and oxygen atoms in total. The number of hydrogen-bond donors (Lipinski definition) is 2. The third-order valence-corrected chi connectivity index (χ3v) is 2.93. The Hall–Kier alpha value is -2.10. The number of carboxylic acids is 1. The lowest BCUT2D eigenvalue weighted by Gasteiger charge is -2.11. The van der Waals surface area contributed by atoms with E-state index in [2.05, 4.69) is 10.3 Å². The summed E-state index contributed by atoms with van der Waals surface area (Å²) in [7, 11) is 0. The van der Waals surface area contributed by atoms with Crippen LogP contribution < -0.4 is 5.32 Å². The molecule has 0 spiro atoms. The Morgan fingerprint density at radius 1 is 1.35 bits per heavy atom. The fraction of sp³-hybridized carbons (Fsp3) is 0.231. The predicted octanol–water partition coefficient (Wildman–Crippen LogP) is 2.51. The normalized spacial score (nSPS) is 14.8. The topological polar surface area (TPSA) is 62.2 Å². The standard InChI is InChI=1S/C13H12N2O2/c16-13(17)10-7-14-11-4-2-1-3-9(11)12(10)15-8-5-6-8/h1-4,7-8H,5-6H2,(H,14,15)(H,16,17).